The zero-order valence-electron chi connectivity index (χ0n) is 13.5. The van der Waals surface area contributed by atoms with Gasteiger partial charge in [0.25, 0.3) is 0 Å². The first-order chi connectivity index (χ1) is 11.7. The predicted molar refractivity (Wildman–Crippen MR) is 92.0 cm³/mol. The Morgan fingerprint density at radius 3 is 2.48 bits per heavy atom. The van der Waals surface area contributed by atoms with Crippen LogP contribution in [0.1, 0.15) is 23.4 Å². The Balaban J connectivity index is 1.87. The molecule has 25 heavy (non-hydrogen) atoms. The van der Waals surface area contributed by atoms with Crippen molar-refractivity contribution in [2.24, 2.45) is 0 Å². The van der Waals surface area contributed by atoms with Gasteiger partial charge in [0.2, 0.25) is 10.0 Å². The predicted octanol–water partition coefficient (Wildman–Crippen LogP) is 3.01. The topological polar surface area (TPSA) is 98.5 Å². The lowest BCUT2D eigenvalue weighted by Crippen LogP contribution is -2.27. The van der Waals surface area contributed by atoms with E-state index in [1.807, 2.05) is 0 Å². The summed E-state index contributed by atoms with van der Waals surface area (Å²) in [4.78, 5) is 11.7. The molecule has 0 fully saturated rings. The van der Waals surface area contributed by atoms with Crippen molar-refractivity contribution in [1.29, 1.82) is 0 Å². The minimum atomic E-state index is -3.81. The Bertz CT molecular complexity index is 840. The Hall–Kier alpha value is -1.61. The normalized spacial score (nSPS) is 11.5. The van der Waals surface area contributed by atoms with E-state index in [1.165, 1.54) is 13.8 Å². The van der Waals surface area contributed by atoms with Gasteiger partial charge in [0.15, 0.2) is 5.76 Å². The highest BCUT2D eigenvalue weighted by Crippen LogP contribution is 2.25. The average molecular weight is 407 g/mol. The van der Waals surface area contributed by atoms with E-state index >= 15 is 0 Å². The van der Waals surface area contributed by atoms with Gasteiger partial charge in [-0.1, -0.05) is 34.4 Å². The number of sulfonamides is 1. The summed E-state index contributed by atoms with van der Waals surface area (Å²) in [7, 11) is -3.81. The molecule has 0 bridgehead atoms. The number of aryl methyl sites for hydroxylation is 2. The molecule has 0 aliphatic carbocycles. The van der Waals surface area contributed by atoms with Gasteiger partial charge in [0.1, 0.15) is 17.2 Å². The number of nitrogens with zero attached hydrogens (tertiary/aromatic N) is 1. The summed E-state index contributed by atoms with van der Waals surface area (Å²) in [6.45, 7) is 2.80. The Morgan fingerprint density at radius 1 is 1.28 bits per heavy atom. The summed E-state index contributed by atoms with van der Waals surface area (Å²) in [5.74, 6) is -0.404. The van der Waals surface area contributed by atoms with Gasteiger partial charge in [-0.3, -0.25) is 4.79 Å². The van der Waals surface area contributed by atoms with Crippen molar-refractivity contribution in [3.05, 3.63) is 45.3 Å². The van der Waals surface area contributed by atoms with Gasteiger partial charge in [-0.15, -0.1) is 0 Å². The van der Waals surface area contributed by atoms with Crippen molar-refractivity contribution in [2.75, 3.05) is 6.54 Å². The first-order valence-electron chi connectivity index (χ1n) is 7.23. The molecular weight excluding hydrogens is 391 g/mol. The van der Waals surface area contributed by atoms with Crippen molar-refractivity contribution in [3.8, 4) is 0 Å². The molecule has 1 heterocycles. The molecule has 0 spiro atoms. The van der Waals surface area contributed by atoms with E-state index in [0.717, 1.165) is 0 Å². The van der Waals surface area contributed by atoms with Gasteiger partial charge in [-0.2, -0.15) is 0 Å². The molecule has 7 nitrogen and oxygen atoms in total. The number of halogens is 2. The second-order valence-corrected chi connectivity index (χ2v) is 7.68. The van der Waals surface area contributed by atoms with Gasteiger partial charge >= 0.3 is 5.97 Å². The van der Waals surface area contributed by atoms with Crippen LogP contribution in [0.4, 0.5) is 0 Å². The highest BCUT2D eigenvalue weighted by molar-refractivity contribution is 7.89. The molecule has 0 atom stereocenters. The van der Waals surface area contributed by atoms with Crippen LogP contribution in [0.3, 0.4) is 0 Å². The lowest BCUT2D eigenvalue weighted by atomic mass is 10.2. The van der Waals surface area contributed by atoms with Crippen LogP contribution < -0.4 is 4.72 Å². The molecule has 0 saturated carbocycles. The first-order valence-corrected chi connectivity index (χ1v) is 9.47. The Morgan fingerprint density at radius 2 is 1.92 bits per heavy atom. The minimum absolute atomic E-state index is 0.0243. The zero-order chi connectivity index (χ0) is 18.6. The largest absolute Gasteiger partial charge is 0.461 e. The van der Waals surface area contributed by atoms with Crippen LogP contribution in [0.2, 0.25) is 10.0 Å². The number of aromatic nitrogens is 1. The molecule has 1 aromatic heterocycles. The lowest BCUT2D eigenvalue weighted by molar-refractivity contribution is -0.144. The SMILES string of the molecule is Cc1noc(C)c1S(=O)(=O)NCCC(=O)OCc1c(Cl)cccc1Cl. The molecule has 2 aromatic rings. The van der Waals surface area contributed by atoms with Crippen LogP contribution in [0.5, 0.6) is 0 Å². The zero-order valence-corrected chi connectivity index (χ0v) is 15.8. The summed E-state index contributed by atoms with van der Waals surface area (Å²) < 4.78 is 36.6. The maximum Gasteiger partial charge on any atom is 0.307 e. The quantitative estimate of drug-likeness (QED) is 0.709. The van der Waals surface area contributed by atoms with E-state index in [0.29, 0.717) is 15.6 Å². The number of benzene rings is 1. The highest BCUT2D eigenvalue weighted by atomic mass is 35.5. The molecular formula is C15H16Cl2N2O5S. The van der Waals surface area contributed by atoms with Crippen molar-refractivity contribution in [1.82, 2.24) is 9.88 Å². The number of ether oxygens (including phenoxy) is 1. The number of hydrogen-bond donors (Lipinski definition) is 1. The fraction of sp³-hybridized carbons (Fsp3) is 0.333. The van der Waals surface area contributed by atoms with Crippen molar-refractivity contribution >= 4 is 39.2 Å². The second-order valence-electron chi connectivity index (χ2n) is 5.16. The van der Waals surface area contributed by atoms with Crippen molar-refractivity contribution < 1.29 is 22.5 Å². The third-order valence-electron chi connectivity index (χ3n) is 3.30. The van der Waals surface area contributed by atoms with Gasteiger partial charge < -0.3 is 9.26 Å². The number of carbonyl (C=O) groups is 1. The van der Waals surface area contributed by atoms with Crippen LogP contribution >= 0.6 is 23.2 Å². The monoisotopic (exact) mass is 406 g/mol. The number of carbonyl (C=O) groups excluding carboxylic acids is 1. The minimum Gasteiger partial charge on any atom is -0.461 e. The van der Waals surface area contributed by atoms with Gasteiger partial charge in [-0.25, -0.2) is 13.1 Å². The van der Waals surface area contributed by atoms with Crippen molar-refractivity contribution in [3.63, 3.8) is 0 Å². The highest BCUT2D eigenvalue weighted by Gasteiger charge is 2.24. The average Bonchev–Trinajstić information content (AvgIpc) is 2.86. The molecule has 0 saturated heterocycles. The maximum absolute atomic E-state index is 12.2. The summed E-state index contributed by atoms with van der Waals surface area (Å²) in [6, 6.07) is 4.95. The molecule has 0 amide bonds. The maximum atomic E-state index is 12.2. The van der Waals surface area contributed by atoms with Gasteiger partial charge in [0, 0.05) is 22.2 Å². The fourth-order valence-corrected chi connectivity index (χ4v) is 3.98. The molecule has 0 aliphatic rings. The van der Waals surface area contributed by atoms with Crippen LogP contribution in [-0.4, -0.2) is 26.1 Å². The van der Waals surface area contributed by atoms with Gasteiger partial charge in [-0.05, 0) is 26.0 Å². The molecule has 136 valence electrons. The summed E-state index contributed by atoms with van der Waals surface area (Å²) in [5.41, 5.74) is 0.747. The van der Waals surface area contributed by atoms with Crippen LogP contribution in [0, 0.1) is 13.8 Å². The molecule has 0 unspecified atom stereocenters. The van der Waals surface area contributed by atoms with E-state index < -0.39 is 16.0 Å². The Kier molecular flexibility index (Phi) is 6.45. The fourth-order valence-electron chi connectivity index (χ4n) is 2.11. The molecule has 10 heteroatoms. The third-order valence-corrected chi connectivity index (χ3v) is 5.71. The second kappa shape index (κ2) is 8.18. The van der Waals surface area contributed by atoms with E-state index in [-0.39, 0.29) is 35.9 Å². The van der Waals surface area contributed by atoms with E-state index in [4.69, 9.17) is 32.5 Å². The number of nitrogens with one attached hydrogen (secondary N) is 1. The van der Waals surface area contributed by atoms with Gasteiger partial charge in [0.05, 0.1) is 6.42 Å². The van der Waals surface area contributed by atoms with Crippen molar-refractivity contribution in [2.45, 2.75) is 31.8 Å². The Labute approximate surface area is 155 Å². The van der Waals surface area contributed by atoms with E-state index in [2.05, 4.69) is 9.88 Å². The first kappa shape index (κ1) is 19.7. The number of rotatable bonds is 7. The molecule has 0 aliphatic heterocycles. The number of esters is 1. The van der Waals surface area contributed by atoms with Crippen LogP contribution in [0.25, 0.3) is 0 Å². The molecule has 1 N–H and O–H groups in total. The lowest BCUT2D eigenvalue weighted by Gasteiger charge is -2.09. The summed E-state index contributed by atoms with van der Waals surface area (Å²) in [6.07, 6.45) is -0.148. The third kappa shape index (κ3) is 4.94. The van der Waals surface area contributed by atoms with E-state index in [9.17, 15) is 13.2 Å². The summed E-state index contributed by atoms with van der Waals surface area (Å²) >= 11 is 12.0. The van der Waals surface area contributed by atoms with E-state index in [1.54, 1.807) is 18.2 Å². The summed E-state index contributed by atoms with van der Waals surface area (Å²) in [5, 5.41) is 4.37. The molecule has 2 rings (SSSR count). The van der Waals surface area contributed by atoms with Crippen LogP contribution in [-0.2, 0) is 26.2 Å². The van der Waals surface area contributed by atoms with Crippen LogP contribution in [0.15, 0.2) is 27.6 Å². The standard InChI is InChI=1S/C15H16Cl2N2O5S/c1-9-15(10(2)24-19-9)25(21,22)18-7-6-14(20)23-8-11-12(16)4-3-5-13(11)17/h3-5,18H,6-8H2,1-2H3. The number of hydrogen-bond acceptors (Lipinski definition) is 6. The smallest absolute Gasteiger partial charge is 0.307 e. The molecule has 0 radical (unpaired) electrons. The molecule has 1 aromatic carbocycles.